The minimum atomic E-state index is -3.74. The van der Waals surface area contributed by atoms with Gasteiger partial charge in [0, 0.05) is 31.6 Å². The Morgan fingerprint density at radius 1 is 0.779 bits per heavy atom. The minimum absolute atomic E-state index is 0.0237. The number of rotatable bonds is 31. The first-order valence-electron chi connectivity index (χ1n) is 22.4. The molecule has 1 aliphatic carbocycles. The van der Waals surface area contributed by atoms with Crippen molar-refractivity contribution in [3.05, 3.63) is 42.6 Å². The van der Waals surface area contributed by atoms with Crippen LogP contribution in [-0.2, 0) is 64.2 Å². The van der Waals surface area contributed by atoms with Gasteiger partial charge in [0.1, 0.15) is 63.4 Å². The van der Waals surface area contributed by atoms with Gasteiger partial charge in [0.05, 0.1) is 18.8 Å². The summed E-state index contributed by atoms with van der Waals surface area (Å²) in [5, 5.41) is 27.7. The number of benzene rings is 1. The summed E-state index contributed by atoms with van der Waals surface area (Å²) >= 11 is 0. The van der Waals surface area contributed by atoms with Crippen molar-refractivity contribution in [1.82, 2.24) is 42.1 Å². The van der Waals surface area contributed by atoms with Crippen molar-refractivity contribution >= 4 is 68.7 Å². The highest BCUT2D eigenvalue weighted by atomic mass is 32.2. The van der Waals surface area contributed by atoms with Gasteiger partial charge in [-0.05, 0) is 75.3 Å². The Balaban J connectivity index is 2.40. The number of ketones is 2. The summed E-state index contributed by atoms with van der Waals surface area (Å²) in [6, 6.07) is -2.46. The average molecular weight is 976 g/mol. The number of hydrogen-bond acceptors (Lipinski definition) is 14. The van der Waals surface area contributed by atoms with E-state index >= 15 is 0 Å². The molecule has 0 bridgehead atoms. The van der Waals surface area contributed by atoms with E-state index in [1.807, 2.05) is 0 Å². The molecule has 1 fully saturated rings. The van der Waals surface area contributed by atoms with E-state index in [2.05, 4.69) is 43.8 Å². The summed E-state index contributed by atoms with van der Waals surface area (Å²) in [5.41, 5.74) is 6.07. The number of Topliss-reactive ketones (excluding diaryl/α,β-unsaturated/α-hetero) is 2. The summed E-state index contributed by atoms with van der Waals surface area (Å²) in [5.74, 6) is -9.09. The molecule has 0 aliphatic heterocycles. The SMILES string of the molecule is C=CN[C@@H](Cc1ccc(O)cc1)C(=O)N[C@H](C(=O)N[C@@H](CCC(N)=O)C(=O)N[C@@H](CC(C)=O)C(=O)N[C@@H](CCS(C)(=O)=O)C(=O)N(CC(=O)N[C@H](C(=O)NCC(C)=O)C(C)C)C1CC1)[C@@H](C)CC. The topological polar surface area (TPSA) is 339 Å². The Bertz CT molecular complexity index is 2110. The number of carbonyl (C=O) groups is 10. The molecule has 7 atom stereocenters. The smallest absolute Gasteiger partial charge is 0.245 e. The van der Waals surface area contributed by atoms with Crippen molar-refractivity contribution in [3.8, 4) is 5.75 Å². The zero-order chi connectivity index (χ0) is 51.5. The normalized spacial score (nSPS) is 15.4. The third kappa shape index (κ3) is 20.6. The molecule has 0 saturated heterocycles. The molecule has 2 rings (SSSR count). The van der Waals surface area contributed by atoms with E-state index in [4.69, 9.17) is 5.73 Å². The fraction of sp³-hybridized carbons (Fsp3) is 0.600. The Hall–Kier alpha value is -6.39. The maximum absolute atomic E-state index is 14.2. The lowest BCUT2D eigenvalue weighted by Crippen LogP contribution is -2.60. The van der Waals surface area contributed by atoms with E-state index in [-0.39, 0.29) is 30.9 Å². The molecule has 378 valence electrons. The molecule has 0 aromatic heterocycles. The molecule has 8 amide bonds. The van der Waals surface area contributed by atoms with Crippen LogP contribution in [-0.4, -0.2) is 145 Å². The molecule has 1 aromatic rings. The monoisotopic (exact) mass is 975 g/mol. The van der Waals surface area contributed by atoms with Crippen LogP contribution in [0.5, 0.6) is 5.75 Å². The summed E-state index contributed by atoms with van der Waals surface area (Å²) < 4.78 is 24.7. The van der Waals surface area contributed by atoms with E-state index in [9.17, 15) is 61.5 Å². The number of aromatic hydroxyl groups is 1. The van der Waals surface area contributed by atoms with Crippen LogP contribution in [0.2, 0.25) is 0 Å². The second kappa shape index (κ2) is 27.4. The third-order valence-electron chi connectivity index (χ3n) is 11.0. The van der Waals surface area contributed by atoms with Crippen molar-refractivity contribution < 1.29 is 61.5 Å². The summed E-state index contributed by atoms with van der Waals surface area (Å²) in [6.07, 6.45) is 1.75. The predicted molar refractivity (Wildman–Crippen MR) is 249 cm³/mol. The Kier molecular flexibility index (Phi) is 23.3. The number of carbonyl (C=O) groups excluding carboxylic acids is 10. The maximum Gasteiger partial charge on any atom is 0.245 e. The van der Waals surface area contributed by atoms with Gasteiger partial charge in [0.2, 0.25) is 47.3 Å². The van der Waals surface area contributed by atoms with Crippen LogP contribution in [0.4, 0.5) is 0 Å². The number of nitrogens with one attached hydrogen (secondary N) is 7. The largest absolute Gasteiger partial charge is 0.508 e. The molecule has 1 aliphatic rings. The first kappa shape index (κ1) is 57.7. The number of phenols is 1. The van der Waals surface area contributed by atoms with Gasteiger partial charge in [-0.25, -0.2) is 8.42 Å². The van der Waals surface area contributed by atoms with Crippen LogP contribution < -0.4 is 43.0 Å². The molecule has 1 aromatic carbocycles. The van der Waals surface area contributed by atoms with E-state index < -0.39 is 149 Å². The molecule has 22 nitrogen and oxygen atoms in total. The maximum atomic E-state index is 14.2. The lowest BCUT2D eigenvalue weighted by molar-refractivity contribution is -0.141. The quantitative estimate of drug-likeness (QED) is 0.0411. The highest BCUT2D eigenvalue weighted by Gasteiger charge is 2.40. The van der Waals surface area contributed by atoms with Crippen LogP contribution in [0, 0.1) is 11.8 Å². The predicted octanol–water partition coefficient (Wildman–Crippen LogP) is -1.46. The average Bonchev–Trinajstić information content (AvgIpc) is 4.10. The highest BCUT2D eigenvalue weighted by Crippen LogP contribution is 2.28. The Morgan fingerprint density at radius 2 is 1.35 bits per heavy atom. The van der Waals surface area contributed by atoms with Crippen LogP contribution in [0.1, 0.15) is 92.1 Å². The molecule has 0 unspecified atom stereocenters. The lowest BCUT2D eigenvalue weighted by Gasteiger charge is -2.30. The summed E-state index contributed by atoms with van der Waals surface area (Å²) in [7, 11) is -3.74. The molecule has 68 heavy (non-hydrogen) atoms. The first-order valence-corrected chi connectivity index (χ1v) is 24.5. The van der Waals surface area contributed by atoms with E-state index in [0.29, 0.717) is 24.8 Å². The fourth-order valence-corrected chi connectivity index (χ4v) is 7.51. The standard InChI is InChI=1S/C45H69N9O13S/c1-9-26(5)39(53-41(61)34(47-10-2)22-29-11-15-31(57)16-12-29)44(64)49-32(17-18-36(46)58)40(60)51-35(21-27(6)55)42(62)50-33(19-20-68(8,66)67)45(65)54(30-13-14-30)24-37(59)52-38(25(3)4)43(63)48-23-28(7)56/h10-12,15-16,25-26,30,32-35,38-39,47,57H,2,9,13-14,17-24H2,1,3-8H3,(H2,46,58)(H,48,63)(H,49,64)(H,50,62)(H,51,60)(H,52,59)(H,53,61)/t26-,32-,33-,34-,35-,38-,39-/m0/s1. The highest BCUT2D eigenvalue weighted by molar-refractivity contribution is 7.90. The molecule has 0 spiro atoms. The second-order valence-corrected chi connectivity index (χ2v) is 19.8. The molecule has 1 saturated carbocycles. The first-order chi connectivity index (χ1) is 31.8. The number of phenolic OH excluding ortho intramolecular Hbond substituents is 1. The van der Waals surface area contributed by atoms with Crippen molar-refractivity contribution in [2.45, 2.75) is 135 Å². The van der Waals surface area contributed by atoms with Crippen molar-refractivity contribution in [3.63, 3.8) is 0 Å². The summed E-state index contributed by atoms with van der Waals surface area (Å²) in [4.78, 5) is 133. The number of hydrogen-bond donors (Lipinski definition) is 9. The summed E-state index contributed by atoms with van der Waals surface area (Å²) in [6.45, 7) is 11.9. The van der Waals surface area contributed by atoms with Gasteiger partial charge in [-0.15, -0.1) is 0 Å². The second-order valence-electron chi connectivity index (χ2n) is 17.6. The number of primary amides is 1. The molecular formula is C45H69N9O13S. The van der Waals surface area contributed by atoms with Gasteiger partial charge in [-0.1, -0.05) is 52.8 Å². The van der Waals surface area contributed by atoms with E-state index in [0.717, 1.165) is 18.1 Å². The molecule has 23 heteroatoms. The van der Waals surface area contributed by atoms with Crippen LogP contribution in [0.25, 0.3) is 0 Å². The zero-order valence-corrected chi connectivity index (χ0v) is 40.7. The lowest BCUT2D eigenvalue weighted by atomic mass is 9.96. The van der Waals surface area contributed by atoms with E-state index in [1.165, 1.54) is 25.3 Å². The van der Waals surface area contributed by atoms with Crippen molar-refractivity contribution in [2.75, 3.05) is 25.1 Å². The number of sulfone groups is 1. The van der Waals surface area contributed by atoms with Crippen LogP contribution in [0.15, 0.2) is 37.0 Å². The fourth-order valence-electron chi connectivity index (χ4n) is 6.84. The Morgan fingerprint density at radius 3 is 1.87 bits per heavy atom. The van der Waals surface area contributed by atoms with Crippen LogP contribution >= 0.6 is 0 Å². The number of nitrogens with zero attached hydrogens (tertiary/aromatic N) is 1. The third-order valence-corrected chi connectivity index (χ3v) is 12.0. The number of nitrogens with two attached hydrogens (primary N) is 1. The van der Waals surface area contributed by atoms with E-state index in [1.54, 1.807) is 39.8 Å². The molecular weight excluding hydrogens is 907 g/mol. The Labute approximate surface area is 397 Å². The number of amides is 8. The van der Waals surface area contributed by atoms with Gasteiger partial charge < -0.3 is 53.0 Å². The van der Waals surface area contributed by atoms with Gasteiger partial charge in [-0.3, -0.25) is 47.9 Å². The molecule has 0 heterocycles. The van der Waals surface area contributed by atoms with Crippen molar-refractivity contribution in [2.24, 2.45) is 17.6 Å². The zero-order valence-electron chi connectivity index (χ0n) is 39.8. The van der Waals surface area contributed by atoms with Crippen molar-refractivity contribution in [1.29, 1.82) is 0 Å². The molecule has 0 radical (unpaired) electrons. The van der Waals surface area contributed by atoms with Crippen LogP contribution in [0.3, 0.4) is 0 Å². The minimum Gasteiger partial charge on any atom is -0.508 e. The van der Waals surface area contributed by atoms with Gasteiger partial charge in [-0.2, -0.15) is 0 Å². The molecule has 10 N–H and O–H groups in total. The van der Waals surface area contributed by atoms with Gasteiger partial charge in [0.25, 0.3) is 0 Å². The van der Waals surface area contributed by atoms with Gasteiger partial charge in [0.15, 0.2) is 0 Å². The van der Waals surface area contributed by atoms with Gasteiger partial charge >= 0.3 is 0 Å².